The number of aliphatic hydroxyl groups is 1. The molecule has 0 bridgehead atoms. The van der Waals surface area contributed by atoms with Gasteiger partial charge in [-0.1, -0.05) is 6.07 Å². The lowest BCUT2D eigenvalue weighted by Gasteiger charge is -2.36. The van der Waals surface area contributed by atoms with Crippen molar-refractivity contribution in [1.29, 1.82) is 0 Å². The van der Waals surface area contributed by atoms with Crippen molar-refractivity contribution < 1.29 is 9.90 Å². The highest BCUT2D eigenvalue weighted by Crippen LogP contribution is 2.22. The first kappa shape index (κ1) is 11.9. The summed E-state index contributed by atoms with van der Waals surface area (Å²) in [7, 11) is 0. The van der Waals surface area contributed by atoms with Gasteiger partial charge in [0, 0.05) is 18.8 Å². The van der Waals surface area contributed by atoms with Crippen LogP contribution in [0.1, 0.15) is 11.1 Å². The van der Waals surface area contributed by atoms with E-state index in [-0.39, 0.29) is 12.5 Å². The molecule has 0 aliphatic carbocycles. The van der Waals surface area contributed by atoms with E-state index in [2.05, 4.69) is 11.4 Å². The number of hydrogen-bond acceptors (Lipinski definition) is 3. The Bertz CT molecular complexity index is 411. The highest BCUT2D eigenvalue weighted by atomic mass is 16.3. The lowest BCUT2D eigenvalue weighted by Crippen LogP contribution is -2.57. The molecular weight excluding hydrogens is 216 g/mol. The topological polar surface area (TPSA) is 52.6 Å². The maximum absolute atomic E-state index is 11.7. The van der Waals surface area contributed by atoms with Gasteiger partial charge in [-0.05, 0) is 37.1 Å². The Morgan fingerprint density at radius 1 is 1.35 bits per heavy atom. The van der Waals surface area contributed by atoms with E-state index >= 15 is 0 Å². The molecule has 2 N–H and O–H groups in total. The third-order valence-corrected chi connectivity index (χ3v) is 3.04. The van der Waals surface area contributed by atoms with E-state index in [0.717, 1.165) is 12.2 Å². The van der Waals surface area contributed by atoms with Gasteiger partial charge in [-0.15, -0.1) is 0 Å². The van der Waals surface area contributed by atoms with Gasteiger partial charge in [0.1, 0.15) is 6.04 Å². The predicted octanol–water partition coefficient (Wildman–Crippen LogP) is 0.601. The smallest absolute Gasteiger partial charge is 0.245 e. The molecule has 1 saturated heterocycles. The van der Waals surface area contributed by atoms with Crippen molar-refractivity contribution in [2.75, 3.05) is 24.6 Å². The molecule has 1 amide bonds. The minimum atomic E-state index is -0.468. The van der Waals surface area contributed by atoms with Gasteiger partial charge >= 0.3 is 0 Å². The zero-order valence-electron chi connectivity index (χ0n) is 10.2. The molecule has 4 nitrogen and oxygen atoms in total. The van der Waals surface area contributed by atoms with Crippen LogP contribution in [-0.4, -0.2) is 36.8 Å². The van der Waals surface area contributed by atoms with Crippen molar-refractivity contribution >= 4 is 11.6 Å². The average Bonchev–Trinajstić information content (AvgIpc) is 2.27. The number of aryl methyl sites for hydroxylation is 2. The molecule has 1 unspecified atom stereocenters. The number of aliphatic hydroxyl groups excluding tert-OH is 1. The van der Waals surface area contributed by atoms with Crippen LogP contribution in [-0.2, 0) is 4.79 Å². The lowest BCUT2D eigenvalue weighted by atomic mass is 10.1. The molecule has 1 aliphatic rings. The van der Waals surface area contributed by atoms with E-state index in [1.807, 2.05) is 30.9 Å². The summed E-state index contributed by atoms with van der Waals surface area (Å²) in [6.07, 6.45) is 0. The van der Waals surface area contributed by atoms with E-state index in [0.29, 0.717) is 6.54 Å². The Morgan fingerprint density at radius 3 is 2.59 bits per heavy atom. The van der Waals surface area contributed by atoms with Crippen molar-refractivity contribution in [3.05, 3.63) is 29.3 Å². The lowest BCUT2D eigenvalue weighted by molar-refractivity contribution is -0.124. The number of amides is 1. The summed E-state index contributed by atoms with van der Waals surface area (Å²) in [5.74, 6) is -0.0992. The van der Waals surface area contributed by atoms with E-state index in [4.69, 9.17) is 0 Å². The number of carbonyl (C=O) groups excluding carboxylic acids is 1. The third kappa shape index (κ3) is 2.42. The van der Waals surface area contributed by atoms with Crippen molar-refractivity contribution in [3.63, 3.8) is 0 Å². The van der Waals surface area contributed by atoms with Gasteiger partial charge in [0.05, 0.1) is 6.61 Å². The first-order valence-electron chi connectivity index (χ1n) is 5.85. The van der Waals surface area contributed by atoms with Crippen LogP contribution in [0.3, 0.4) is 0 Å². The van der Waals surface area contributed by atoms with Gasteiger partial charge in [-0.25, -0.2) is 0 Å². The first-order chi connectivity index (χ1) is 8.11. The van der Waals surface area contributed by atoms with Gasteiger partial charge in [0.25, 0.3) is 0 Å². The molecule has 1 aliphatic heterocycles. The number of anilines is 1. The average molecular weight is 234 g/mol. The van der Waals surface area contributed by atoms with Crippen LogP contribution in [0.15, 0.2) is 18.2 Å². The fourth-order valence-corrected chi connectivity index (χ4v) is 2.32. The SMILES string of the molecule is Cc1cc(C)cc(N2CCNC(=O)C2CO)c1. The molecule has 4 heteroatoms. The highest BCUT2D eigenvalue weighted by molar-refractivity contribution is 5.86. The van der Waals surface area contributed by atoms with Crippen LogP contribution >= 0.6 is 0 Å². The molecule has 0 aromatic heterocycles. The van der Waals surface area contributed by atoms with E-state index in [1.54, 1.807) is 0 Å². The van der Waals surface area contributed by atoms with Gasteiger partial charge in [0.15, 0.2) is 0 Å². The van der Waals surface area contributed by atoms with Crippen molar-refractivity contribution in [2.45, 2.75) is 19.9 Å². The fraction of sp³-hybridized carbons (Fsp3) is 0.462. The predicted molar refractivity (Wildman–Crippen MR) is 67.1 cm³/mol. The largest absolute Gasteiger partial charge is 0.394 e. The second kappa shape index (κ2) is 4.75. The second-order valence-corrected chi connectivity index (χ2v) is 4.53. The summed E-state index contributed by atoms with van der Waals surface area (Å²) in [4.78, 5) is 13.6. The Labute approximate surface area is 101 Å². The van der Waals surface area contributed by atoms with Crippen molar-refractivity contribution in [2.24, 2.45) is 0 Å². The zero-order chi connectivity index (χ0) is 12.4. The van der Waals surface area contributed by atoms with Crippen molar-refractivity contribution in [3.8, 4) is 0 Å². The number of carbonyl (C=O) groups is 1. The summed E-state index contributed by atoms with van der Waals surface area (Å²) in [6, 6.07) is 5.73. The molecule has 17 heavy (non-hydrogen) atoms. The quantitative estimate of drug-likeness (QED) is 0.788. The minimum absolute atomic E-state index is 0.0992. The molecule has 1 fully saturated rings. The van der Waals surface area contributed by atoms with Crippen LogP contribution in [0.2, 0.25) is 0 Å². The monoisotopic (exact) mass is 234 g/mol. The molecule has 0 radical (unpaired) electrons. The summed E-state index contributed by atoms with van der Waals surface area (Å²) in [5, 5.41) is 12.1. The molecule has 1 heterocycles. The standard InChI is InChI=1S/C13H18N2O2/c1-9-5-10(2)7-11(6-9)15-4-3-14-13(17)12(15)8-16/h5-7,12,16H,3-4,8H2,1-2H3,(H,14,17). The number of nitrogens with one attached hydrogen (secondary N) is 1. The summed E-state index contributed by atoms with van der Waals surface area (Å²) < 4.78 is 0. The van der Waals surface area contributed by atoms with E-state index < -0.39 is 6.04 Å². The minimum Gasteiger partial charge on any atom is -0.394 e. The molecule has 1 aromatic rings. The molecule has 0 spiro atoms. The zero-order valence-corrected chi connectivity index (χ0v) is 10.2. The van der Waals surface area contributed by atoms with Crippen LogP contribution in [0.5, 0.6) is 0 Å². The maximum Gasteiger partial charge on any atom is 0.245 e. The Kier molecular flexibility index (Phi) is 3.33. The molecule has 1 aromatic carbocycles. The Morgan fingerprint density at radius 2 is 2.00 bits per heavy atom. The molecule has 0 saturated carbocycles. The number of hydrogen-bond donors (Lipinski definition) is 2. The van der Waals surface area contributed by atoms with Crippen LogP contribution in [0.4, 0.5) is 5.69 Å². The van der Waals surface area contributed by atoms with Crippen molar-refractivity contribution in [1.82, 2.24) is 5.32 Å². The van der Waals surface area contributed by atoms with Gasteiger partial charge in [-0.3, -0.25) is 4.79 Å². The molecule has 92 valence electrons. The van der Waals surface area contributed by atoms with E-state index in [9.17, 15) is 9.90 Å². The Balaban J connectivity index is 2.33. The number of benzene rings is 1. The fourth-order valence-electron chi connectivity index (χ4n) is 2.32. The van der Waals surface area contributed by atoms with E-state index in [1.165, 1.54) is 11.1 Å². The third-order valence-electron chi connectivity index (χ3n) is 3.04. The summed E-state index contributed by atoms with van der Waals surface area (Å²) in [5.41, 5.74) is 3.35. The molecule has 2 rings (SSSR count). The number of piperazine rings is 1. The van der Waals surface area contributed by atoms with Gasteiger partial charge in [-0.2, -0.15) is 0 Å². The maximum atomic E-state index is 11.7. The summed E-state index contributed by atoms with van der Waals surface area (Å²) >= 11 is 0. The number of nitrogens with zero attached hydrogens (tertiary/aromatic N) is 1. The normalized spacial score (nSPS) is 20.3. The molecule has 1 atom stereocenters. The first-order valence-corrected chi connectivity index (χ1v) is 5.85. The van der Waals surface area contributed by atoms with Gasteiger partial charge < -0.3 is 15.3 Å². The van der Waals surface area contributed by atoms with Gasteiger partial charge in [0.2, 0.25) is 5.91 Å². The second-order valence-electron chi connectivity index (χ2n) is 4.53. The Hall–Kier alpha value is -1.55. The van der Waals surface area contributed by atoms with Crippen LogP contribution in [0, 0.1) is 13.8 Å². The van der Waals surface area contributed by atoms with Crippen LogP contribution in [0.25, 0.3) is 0 Å². The summed E-state index contributed by atoms with van der Waals surface area (Å²) in [6.45, 7) is 5.28. The van der Waals surface area contributed by atoms with Crippen LogP contribution < -0.4 is 10.2 Å². The highest BCUT2D eigenvalue weighted by Gasteiger charge is 2.29. The number of rotatable bonds is 2. The molecular formula is C13H18N2O2.